The molecule has 2 saturated carbocycles. The second-order valence-electron chi connectivity index (χ2n) is 20.7. The van der Waals surface area contributed by atoms with Gasteiger partial charge in [-0.15, -0.1) is 4.91 Å². The predicted octanol–water partition coefficient (Wildman–Crippen LogP) is 9.84. The second kappa shape index (κ2) is 18.3. The number of anilines is 2. The lowest BCUT2D eigenvalue weighted by atomic mass is 9.59. The van der Waals surface area contributed by atoms with E-state index in [1.165, 1.54) is 43.4 Å². The molecular formula is C52H64N8O6S. The minimum atomic E-state index is -4.49. The number of hydrogen-bond donors (Lipinski definition) is 4. The number of piperidine rings is 1. The second-order valence-corrected chi connectivity index (χ2v) is 22.4. The number of hydrogen-bond acceptors (Lipinski definition) is 12. The van der Waals surface area contributed by atoms with Crippen molar-refractivity contribution in [1.82, 2.24) is 24.6 Å². The lowest BCUT2D eigenvalue weighted by Crippen LogP contribution is -2.55. The number of benzene rings is 2. The highest BCUT2D eigenvalue weighted by Crippen LogP contribution is 2.54. The molecule has 0 bridgehead atoms. The van der Waals surface area contributed by atoms with Gasteiger partial charge in [0.05, 0.1) is 12.2 Å². The molecule has 3 aromatic heterocycles. The largest absolute Gasteiger partial charge is 0.477 e. The topological polar surface area (TPSA) is 182 Å². The van der Waals surface area contributed by atoms with Gasteiger partial charge in [-0.25, -0.2) is 18.1 Å². The minimum absolute atomic E-state index is 0.166. The summed E-state index contributed by atoms with van der Waals surface area (Å²) in [6, 6.07) is 21.1. The third-order valence-electron chi connectivity index (χ3n) is 15.9. The zero-order valence-corrected chi connectivity index (χ0v) is 39.8. The summed E-state index contributed by atoms with van der Waals surface area (Å²) in [5.74, 6) is 0.337. The van der Waals surface area contributed by atoms with Crippen molar-refractivity contribution in [3.8, 4) is 5.88 Å². The van der Waals surface area contributed by atoms with Crippen LogP contribution >= 0.6 is 0 Å². The number of pyridine rings is 2. The van der Waals surface area contributed by atoms with Gasteiger partial charge < -0.3 is 25.0 Å². The Morgan fingerprint density at radius 2 is 1.75 bits per heavy atom. The monoisotopic (exact) mass is 928 g/mol. The van der Waals surface area contributed by atoms with E-state index < -0.39 is 21.5 Å². The highest BCUT2D eigenvalue weighted by Gasteiger charge is 2.50. The van der Waals surface area contributed by atoms with E-state index in [9.17, 15) is 23.2 Å². The Bertz CT molecular complexity index is 2750. The van der Waals surface area contributed by atoms with E-state index in [1.807, 2.05) is 25.3 Å². The molecule has 5 aliphatic rings. The lowest BCUT2D eigenvalue weighted by Gasteiger charge is -2.56. The normalized spacial score (nSPS) is 24.5. The van der Waals surface area contributed by atoms with Gasteiger partial charge in [0, 0.05) is 72.2 Å². The zero-order valence-electron chi connectivity index (χ0n) is 39.0. The average molecular weight is 929 g/mol. The molecule has 15 heteroatoms. The van der Waals surface area contributed by atoms with Gasteiger partial charge in [-0.3, -0.25) is 9.69 Å². The van der Waals surface area contributed by atoms with Crippen LogP contribution in [0.5, 0.6) is 5.88 Å². The first-order valence-corrected chi connectivity index (χ1v) is 26.0. The first-order valence-electron chi connectivity index (χ1n) is 24.5. The SMILES string of the molecule is CC(C)c1ccccc1[C@@H]1CCCN1C1CC2(CCN(c3ccc(C(=O)NS(=O)(=O)c4cnc(NCC5CCC(C)(O)CC5)c(N=O)c4)c(C4CCCOc5nc6[nH]ccc6cc54)c3)CC2)C1. The molecule has 6 heterocycles. The van der Waals surface area contributed by atoms with Crippen LogP contribution in [0.4, 0.5) is 17.2 Å². The van der Waals surface area contributed by atoms with E-state index in [2.05, 4.69) is 85.2 Å². The number of likely N-dealkylation sites (tertiary alicyclic amines) is 1. The van der Waals surface area contributed by atoms with Crippen molar-refractivity contribution in [3.63, 3.8) is 0 Å². The molecule has 2 saturated heterocycles. The number of amides is 1. The van der Waals surface area contributed by atoms with Gasteiger partial charge in [-0.05, 0) is 166 Å². The molecule has 14 nitrogen and oxygen atoms in total. The van der Waals surface area contributed by atoms with Crippen molar-refractivity contribution < 1.29 is 23.1 Å². The minimum Gasteiger partial charge on any atom is -0.477 e. The number of nitrogens with one attached hydrogen (secondary N) is 3. The van der Waals surface area contributed by atoms with E-state index >= 15 is 0 Å². The number of carbonyl (C=O) groups is 1. The van der Waals surface area contributed by atoms with Crippen LogP contribution in [0.15, 0.2) is 83.1 Å². The van der Waals surface area contributed by atoms with Crippen molar-refractivity contribution in [2.24, 2.45) is 16.5 Å². The Hall–Kier alpha value is -5.38. The van der Waals surface area contributed by atoms with Gasteiger partial charge >= 0.3 is 0 Å². The number of nitrogens with zero attached hydrogens (tertiary/aromatic N) is 5. The van der Waals surface area contributed by atoms with Crippen LogP contribution in [0, 0.1) is 16.2 Å². The number of aromatic nitrogens is 3. The number of fused-ring (bicyclic) bond motifs is 2. The Morgan fingerprint density at radius 1 is 0.955 bits per heavy atom. The molecule has 1 unspecified atom stereocenters. The standard InChI is InChI=1S/C52H64N8O6S/c1-33(2)39-8-4-5-9-41(39)46-11-6-22-60(46)37-29-52(30-37)19-23-59(24-20-52)36-12-13-42(43(27-36)40-10-7-25-66-50-44(40)26-35-16-21-53-47(35)56-50)49(61)58-67(64,65)38-28-45(57-63)48(55-32-38)54-31-34-14-17-51(3,62)18-15-34/h4-5,8-9,12-13,16,21,26-28,32-34,37,40,46,62H,6-7,10-11,14-15,17-20,22-25,29-31H2,1-3H3,(H,53,56)(H,54,55)(H,58,61)/t34?,40?,46-,51?/m0/s1. The van der Waals surface area contributed by atoms with Gasteiger partial charge in [-0.2, -0.15) is 4.98 Å². The van der Waals surface area contributed by atoms with Crippen LogP contribution in [0.25, 0.3) is 11.0 Å². The smallest absolute Gasteiger partial charge is 0.265 e. The molecule has 2 aliphatic carbocycles. The highest BCUT2D eigenvalue weighted by atomic mass is 32.2. The third-order valence-corrected chi connectivity index (χ3v) is 17.2. The van der Waals surface area contributed by atoms with Crippen molar-refractivity contribution in [2.75, 3.05) is 43.0 Å². The molecule has 1 amide bonds. The summed E-state index contributed by atoms with van der Waals surface area (Å²) in [6.07, 6.45) is 14.4. The zero-order chi connectivity index (χ0) is 46.5. The van der Waals surface area contributed by atoms with Gasteiger partial charge in [0.2, 0.25) is 5.88 Å². The van der Waals surface area contributed by atoms with Gasteiger partial charge in [0.15, 0.2) is 11.5 Å². The van der Waals surface area contributed by atoms with E-state index in [-0.39, 0.29) is 33.8 Å². The summed E-state index contributed by atoms with van der Waals surface area (Å²) in [4.78, 5) is 43.6. The van der Waals surface area contributed by atoms with E-state index in [0.717, 1.165) is 67.7 Å². The maximum absolute atomic E-state index is 14.4. The lowest BCUT2D eigenvalue weighted by molar-refractivity contribution is -0.0227. The van der Waals surface area contributed by atoms with Gasteiger partial charge in [0.25, 0.3) is 15.9 Å². The fourth-order valence-corrected chi connectivity index (χ4v) is 12.9. The first kappa shape index (κ1) is 45.4. The fraction of sp³-hybridized carbons (Fsp3) is 0.519. The Kier molecular flexibility index (Phi) is 12.4. The Balaban J connectivity index is 0.879. The number of H-pyrrole nitrogens is 1. The Labute approximate surface area is 393 Å². The van der Waals surface area contributed by atoms with Crippen LogP contribution in [0.2, 0.25) is 0 Å². The van der Waals surface area contributed by atoms with Crippen LogP contribution in [-0.2, 0) is 10.0 Å². The number of nitroso groups, excluding NO2 is 1. The van der Waals surface area contributed by atoms with Crippen molar-refractivity contribution in [3.05, 3.63) is 106 Å². The molecule has 0 radical (unpaired) electrons. The van der Waals surface area contributed by atoms with Crippen molar-refractivity contribution in [1.29, 1.82) is 0 Å². The first-order chi connectivity index (χ1) is 32.3. The molecule has 67 heavy (non-hydrogen) atoms. The average Bonchev–Trinajstić information content (AvgIpc) is 3.95. The number of sulfonamides is 1. The Morgan fingerprint density at radius 3 is 2.52 bits per heavy atom. The number of carbonyl (C=O) groups excluding carboxylic acids is 1. The van der Waals surface area contributed by atoms with Crippen molar-refractivity contribution in [2.45, 2.75) is 132 Å². The highest BCUT2D eigenvalue weighted by molar-refractivity contribution is 7.90. The van der Waals surface area contributed by atoms with Crippen LogP contribution in [0.3, 0.4) is 0 Å². The van der Waals surface area contributed by atoms with E-state index in [1.54, 1.807) is 6.07 Å². The summed E-state index contributed by atoms with van der Waals surface area (Å²) in [6.45, 7) is 10.4. The molecule has 4 fully saturated rings. The molecular weight excluding hydrogens is 865 g/mol. The summed E-state index contributed by atoms with van der Waals surface area (Å²) in [7, 11) is -4.49. The molecule has 2 aromatic carbocycles. The van der Waals surface area contributed by atoms with E-state index in [0.29, 0.717) is 79.3 Å². The molecule has 5 aromatic rings. The number of aliphatic hydroxyl groups is 1. The summed E-state index contributed by atoms with van der Waals surface area (Å²) in [5, 5.41) is 17.5. The predicted molar refractivity (Wildman–Crippen MR) is 261 cm³/mol. The number of rotatable bonds is 12. The summed E-state index contributed by atoms with van der Waals surface area (Å²) >= 11 is 0. The van der Waals surface area contributed by atoms with Gasteiger partial charge in [0.1, 0.15) is 10.5 Å². The van der Waals surface area contributed by atoms with Crippen LogP contribution < -0.4 is 19.7 Å². The number of ether oxygens (including phenoxy) is 1. The molecule has 3 aliphatic heterocycles. The van der Waals surface area contributed by atoms with Crippen LogP contribution in [0.1, 0.15) is 148 Å². The van der Waals surface area contributed by atoms with E-state index in [4.69, 9.17) is 9.72 Å². The maximum Gasteiger partial charge on any atom is 0.265 e. The van der Waals surface area contributed by atoms with Crippen LogP contribution in [-0.4, -0.2) is 83.7 Å². The molecule has 354 valence electrons. The van der Waals surface area contributed by atoms with Gasteiger partial charge in [-0.1, -0.05) is 38.1 Å². The molecule has 10 rings (SSSR count). The third kappa shape index (κ3) is 9.18. The van der Waals surface area contributed by atoms with Crippen molar-refractivity contribution >= 4 is 44.2 Å². The summed E-state index contributed by atoms with van der Waals surface area (Å²) in [5.41, 5.74) is 5.97. The number of aromatic amines is 1. The molecule has 2 atom stereocenters. The maximum atomic E-state index is 14.4. The molecule has 4 N–H and O–H groups in total. The summed E-state index contributed by atoms with van der Waals surface area (Å²) < 4.78 is 36.4. The molecule has 1 spiro atoms. The fourth-order valence-electron chi connectivity index (χ4n) is 12.0. The quantitative estimate of drug-likeness (QED) is 0.0874.